The Labute approximate surface area is 347 Å². The van der Waals surface area contributed by atoms with E-state index < -0.39 is 29.0 Å². The number of carbonyl (C=O) groups is 3. The van der Waals surface area contributed by atoms with Gasteiger partial charge in [0.15, 0.2) is 23.1 Å². The number of allylic oxidation sites excluding steroid dienone is 3. The predicted molar refractivity (Wildman–Crippen MR) is 228 cm³/mol. The molecule has 0 aromatic carbocycles. The fraction of sp³-hybridized carbons (Fsp3) is 0.783. The molecule has 58 heavy (non-hydrogen) atoms. The number of esters is 1. The van der Waals surface area contributed by atoms with E-state index in [1.807, 2.05) is 13.1 Å². The van der Waals surface area contributed by atoms with E-state index >= 15 is 4.79 Å². The van der Waals surface area contributed by atoms with Gasteiger partial charge in [0.05, 0.1) is 12.8 Å². The molecule has 0 aromatic rings. The second-order valence-electron chi connectivity index (χ2n) is 19.0. The SMILES string of the molecule is CCN[C@H]1C=C2C=CC[C@H]3CCCC[C@@H](C)CC4CCCC5C(=O)[C@]6(CC=C(C)C[C@@H](NC(N)=NC)C7CCNC(NCNC)C7)O[C@]6(C(=O)OC[C@@H]1C[C@@H]23)C(=O)C45. The minimum Gasteiger partial charge on any atom is -0.463 e. The van der Waals surface area contributed by atoms with Crippen LogP contribution in [0.25, 0.3) is 0 Å². The number of hydrogen-bond acceptors (Lipinski definition) is 10. The van der Waals surface area contributed by atoms with Gasteiger partial charge < -0.3 is 36.5 Å². The molecule has 0 aromatic heterocycles. The number of carbonyl (C=O) groups excluding carboxylic acids is 3. The average molecular weight is 804 g/mol. The van der Waals surface area contributed by atoms with E-state index in [-0.39, 0.29) is 54.7 Å². The van der Waals surface area contributed by atoms with E-state index in [9.17, 15) is 9.59 Å². The molecule has 0 amide bonds. The lowest BCUT2D eigenvalue weighted by atomic mass is 9.56. The maximum atomic E-state index is 15.1. The van der Waals surface area contributed by atoms with Crippen molar-refractivity contribution in [1.82, 2.24) is 26.6 Å². The van der Waals surface area contributed by atoms with Gasteiger partial charge in [-0.15, -0.1) is 0 Å². The first kappa shape index (κ1) is 43.2. The van der Waals surface area contributed by atoms with Crippen molar-refractivity contribution in [3.05, 3.63) is 35.5 Å². The highest BCUT2D eigenvalue weighted by Crippen LogP contribution is 2.63. The minimum absolute atomic E-state index is 0.00692. The summed E-state index contributed by atoms with van der Waals surface area (Å²) in [7, 11) is 3.61. The maximum absolute atomic E-state index is 15.1. The Kier molecular flexibility index (Phi) is 14.0. The zero-order chi connectivity index (χ0) is 41.0. The predicted octanol–water partition coefficient (Wildman–Crippen LogP) is 4.66. The van der Waals surface area contributed by atoms with E-state index in [1.54, 1.807) is 7.05 Å². The summed E-state index contributed by atoms with van der Waals surface area (Å²) in [5.74, 6) is 0.388. The van der Waals surface area contributed by atoms with Crippen LogP contribution in [0.2, 0.25) is 0 Å². The molecule has 0 radical (unpaired) electrons. The van der Waals surface area contributed by atoms with Crippen LogP contribution in [-0.4, -0.2) is 93.4 Å². The molecule has 3 saturated heterocycles. The number of hydrogen-bond donors (Lipinski definition) is 6. The summed E-state index contributed by atoms with van der Waals surface area (Å²) in [6, 6.07) is 0.0641. The number of cyclic esters (lactones) is 1. The molecule has 3 aliphatic heterocycles. The van der Waals surface area contributed by atoms with Gasteiger partial charge in [0.2, 0.25) is 0 Å². The molecule has 7 rings (SSSR count). The molecule has 7 N–H and O–H groups in total. The van der Waals surface area contributed by atoms with Crippen LogP contribution >= 0.6 is 0 Å². The zero-order valence-electron chi connectivity index (χ0n) is 36.0. The molecule has 12 heteroatoms. The van der Waals surface area contributed by atoms with Crippen molar-refractivity contribution in [1.29, 1.82) is 0 Å². The zero-order valence-corrected chi connectivity index (χ0v) is 36.0. The first-order valence-corrected chi connectivity index (χ1v) is 22.9. The smallest absolute Gasteiger partial charge is 0.350 e. The molecule has 322 valence electrons. The molecule has 13 atom stereocenters. The summed E-state index contributed by atoms with van der Waals surface area (Å²) in [5, 5.41) is 17.4. The number of aliphatic imine (C=N–C) groups is 1. The van der Waals surface area contributed by atoms with Crippen molar-refractivity contribution in [3.8, 4) is 0 Å². The normalized spacial score (nSPS) is 40.2. The number of guanidine groups is 1. The van der Waals surface area contributed by atoms with Crippen molar-refractivity contribution in [3.63, 3.8) is 0 Å². The number of nitrogens with two attached hydrogens (primary N) is 1. The molecular weight excluding hydrogens is 731 g/mol. The molecular formula is C46H73N7O5. The van der Waals surface area contributed by atoms with Crippen LogP contribution in [0.3, 0.4) is 0 Å². The highest BCUT2D eigenvalue weighted by atomic mass is 16.7. The fourth-order valence-electron chi connectivity index (χ4n) is 12.1. The van der Waals surface area contributed by atoms with Crippen LogP contribution in [0, 0.1) is 47.3 Å². The highest BCUT2D eigenvalue weighted by molar-refractivity contribution is 6.23. The Hall–Kier alpha value is -2.90. The van der Waals surface area contributed by atoms with Crippen molar-refractivity contribution >= 4 is 23.5 Å². The van der Waals surface area contributed by atoms with Crippen LogP contribution in [-0.2, 0) is 23.9 Å². The number of nitrogens with one attached hydrogen (secondary N) is 5. The van der Waals surface area contributed by atoms with Crippen LogP contribution in [0.4, 0.5) is 0 Å². The Morgan fingerprint density at radius 3 is 2.62 bits per heavy atom. The summed E-state index contributed by atoms with van der Waals surface area (Å²) in [6.07, 6.45) is 22.0. The number of piperidine rings is 1. The van der Waals surface area contributed by atoms with E-state index in [0.717, 1.165) is 70.0 Å². The first-order valence-electron chi connectivity index (χ1n) is 22.9. The topological polar surface area (TPSA) is 171 Å². The molecule has 5 unspecified atom stereocenters. The number of likely N-dealkylation sites (N-methyl/N-ethyl adjacent to an activating group) is 1. The second kappa shape index (κ2) is 18.8. The van der Waals surface area contributed by atoms with Crippen molar-refractivity contribution in [2.45, 2.75) is 140 Å². The molecule has 1 spiro atoms. The number of fused-ring (bicyclic) bond motifs is 1. The van der Waals surface area contributed by atoms with Crippen molar-refractivity contribution < 1.29 is 23.9 Å². The Morgan fingerprint density at radius 1 is 1.02 bits per heavy atom. The second-order valence-corrected chi connectivity index (χ2v) is 19.0. The summed E-state index contributed by atoms with van der Waals surface area (Å²) in [6.45, 7) is 9.05. The number of nitrogens with zero attached hydrogens (tertiary/aromatic N) is 1. The maximum Gasteiger partial charge on any atom is 0.350 e. The average Bonchev–Trinajstić information content (AvgIpc) is 3.94. The Balaban J connectivity index is 1.17. The summed E-state index contributed by atoms with van der Waals surface area (Å²) in [5.41, 5.74) is 5.27. The van der Waals surface area contributed by atoms with Crippen LogP contribution in [0.15, 0.2) is 40.4 Å². The Bertz CT molecular complexity index is 1630. The quantitative estimate of drug-likeness (QED) is 0.0327. The monoisotopic (exact) mass is 804 g/mol. The van der Waals surface area contributed by atoms with Gasteiger partial charge in [0.1, 0.15) is 0 Å². The third-order valence-corrected chi connectivity index (χ3v) is 15.2. The van der Waals surface area contributed by atoms with Gasteiger partial charge in [-0.25, -0.2) is 4.79 Å². The van der Waals surface area contributed by atoms with Gasteiger partial charge >= 0.3 is 5.97 Å². The van der Waals surface area contributed by atoms with Gasteiger partial charge in [-0.2, -0.15) is 0 Å². The van der Waals surface area contributed by atoms with Crippen LogP contribution in [0.5, 0.6) is 0 Å². The number of ketones is 2. The van der Waals surface area contributed by atoms with E-state index in [4.69, 9.17) is 15.2 Å². The first-order chi connectivity index (χ1) is 28.0. The van der Waals surface area contributed by atoms with E-state index in [1.165, 1.54) is 24.8 Å². The Morgan fingerprint density at radius 2 is 1.83 bits per heavy atom. The van der Waals surface area contributed by atoms with Crippen molar-refractivity contribution in [2.75, 3.05) is 40.5 Å². The molecule has 2 saturated carbocycles. The molecule has 7 aliphatic rings. The molecule has 5 fully saturated rings. The minimum atomic E-state index is -1.90. The summed E-state index contributed by atoms with van der Waals surface area (Å²) < 4.78 is 12.8. The lowest BCUT2D eigenvalue weighted by Crippen LogP contribution is -2.60. The van der Waals surface area contributed by atoms with Crippen LogP contribution < -0.4 is 32.3 Å². The van der Waals surface area contributed by atoms with Gasteiger partial charge in [-0.3, -0.25) is 19.9 Å². The molecule has 4 aliphatic carbocycles. The summed E-state index contributed by atoms with van der Waals surface area (Å²) >= 11 is 0. The van der Waals surface area contributed by atoms with E-state index in [2.05, 4.69) is 70.6 Å². The largest absolute Gasteiger partial charge is 0.463 e. The molecule has 4 bridgehead atoms. The molecule has 3 heterocycles. The lowest BCUT2D eigenvalue weighted by molar-refractivity contribution is -0.161. The number of ether oxygens (including phenoxy) is 2. The van der Waals surface area contributed by atoms with Crippen molar-refractivity contribution in [2.24, 2.45) is 58.1 Å². The van der Waals surface area contributed by atoms with Gasteiger partial charge in [0, 0.05) is 50.0 Å². The van der Waals surface area contributed by atoms with Gasteiger partial charge in [-0.05, 0) is 120 Å². The third kappa shape index (κ3) is 8.65. The number of Topliss-reactive ketones (excluding diaryl/α,β-unsaturated/α-hetero) is 2. The fourth-order valence-corrected chi connectivity index (χ4v) is 12.1. The van der Waals surface area contributed by atoms with Gasteiger partial charge in [-0.1, -0.05) is 69.4 Å². The van der Waals surface area contributed by atoms with Crippen LogP contribution in [0.1, 0.15) is 111 Å². The van der Waals surface area contributed by atoms with E-state index in [0.29, 0.717) is 49.1 Å². The third-order valence-electron chi connectivity index (χ3n) is 15.2. The lowest BCUT2D eigenvalue weighted by Gasteiger charge is -2.42. The van der Waals surface area contributed by atoms with Gasteiger partial charge in [0.25, 0.3) is 5.60 Å². The highest BCUT2D eigenvalue weighted by Gasteiger charge is 2.87. The number of rotatable bonds is 11. The molecule has 12 nitrogen and oxygen atoms in total. The summed E-state index contributed by atoms with van der Waals surface area (Å²) in [4.78, 5) is 49.1. The number of epoxide rings is 1. The standard InChI is InChI=1S/C46H73N7O5/c1-6-50-37-24-31-14-9-13-30-12-8-7-11-28(2)21-33-15-10-16-35-40(33)42(55)46(43(56)57-26-34(37)23-36(30)31)45(58-46,41(35)54)19-17-29(3)22-38(53-44(47)49-5)32-18-20-51-39(25-32)52-27-48-4/h9,14,17,24,28,30,32-40,48,50-52H,6-8,10-13,15-16,18-23,25-27H2,1-5H3,(H3,47,49,53)/t28-,30-,32?,33?,34+,35?,36-,37+,38-,39?,40?,45+,46+/m1/s1.